The summed E-state index contributed by atoms with van der Waals surface area (Å²) < 4.78 is 0. The second-order valence-corrected chi connectivity index (χ2v) is 2.56. The Morgan fingerprint density at radius 3 is 2.64 bits per heavy atom. The Hall–Kier alpha value is -1.16. The van der Waals surface area contributed by atoms with Gasteiger partial charge in [0.15, 0.2) is 5.78 Å². The Morgan fingerprint density at radius 2 is 2.09 bits per heavy atom. The number of rotatable bonds is 0. The minimum absolute atomic E-state index is 0.314. The van der Waals surface area contributed by atoms with E-state index in [1.165, 1.54) is 11.0 Å². The first-order chi connectivity index (χ1) is 5.04. The smallest absolute Gasteiger partial charge is 0.251 e. The lowest BCUT2D eigenvalue weighted by Gasteiger charge is -2.24. The summed E-state index contributed by atoms with van der Waals surface area (Å²) in [6, 6.07) is -0.997. The first-order valence-electron chi connectivity index (χ1n) is 3.29. The van der Waals surface area contributed by atoms with Crippen molar-refractivity contribution in [3.05, 3.63) is 11.8 Å². The van der Waals surface area contributed by atoms with Gasteiger partial charge in [0, 0.05) is 18.8 Å². The number of hydrogen-bond donors (Lipinski definition) is 1. The molecule has 1 amide bonds. The molecule has 0 fully saturated rings. The van der Waals surface area contributed by atoms with Crippen molar-refractivity contribution in [3.63, 3.8) is 0 Å². The molecule has 1 aliphatic rings. The summed E-state index contributed by atoms with van der Waals surface area (Å²) in [7, 11) is 1.60. The normalized spacial score (nSPS) is 25.5. The molecule has 0 aromatic carbocycles. The Morgan fingerprint density at radius 1 is 1.55 bits per heavy atom. The van der Waals surface area contributed by atoms with Crippen molar-refractivity contribution < 1.29 is 9.59 Å². The fraction of sp³-hybridized carbons (Fsp3) is 0.429. The molecular weight excluding hydrogens is 144 g/mol. The van der Waals surface area contributed by atoms with Crippen LogP contribution in [0.25, 0.3) is 0 Å². The van der Waals surface area contributed by atoms with Crippen LogP contribution in [0.3, 0.4) is 0 Å². The summed E-state index contributed by atoms with van der Waals surface area (Å²) in [6.07, 6.45) is 1.38. The topological polar surface area (TPSA) is 63.4 Å². The van der Waals surface area contributed by atoms with Gasteiger partial charge in [-0.1, -0.05) is 0 Å². The van der Waals surface area contributed by atoms with Crippen molar-refractivity contribution in [3.8, 4) is 0 Å². The maximum atomic E-state index is 11.1. The largest absolute Gasteiger partial charge is 0.318 e. The minimum atomic E-state index is -0.997. The highest BCUT2D eigenvalue weighted by Crippen LogP contribution is 2.09. The van der Waals surface area contributed by atoms with Gasteiger partial charge in [0.1, 0.15) is 6.04 Å². The van der Waals surface area contributed by atoms with Crippen LogP contribution in [0.4, 0.5) is 0 Å². The third kappa shape index (κ3) is 1.17. The summed E-state index contributed by atoms with van der Waals surface area (Å²) in [5.41, 5.74) is 5.93. The number of ketones is 1. The lowest BCUT2D eigenvalue weighted by atomic mass is 10.1. The molecule has 0 bridgehead atoms. The van der Waals surface area contributed by atoms with Gasteiger partial charge in [0.2, 0.25) is 0 Å². The van der Waals surface area contributed by atoms with Crippen molar-refractivity contribution in [2.45, 2.75) is 13.0 Å². The molecule has 0 aromatic heterocycles. The number of nitrogens with two attached hydrogens (primary N) is 1. The molecule has 4 nitrogen and oxygen atoms in total. The van der Waals surface area contributed by atoms with E-state index in [4.69, 9.17) is 5.73 Å². The SMILES string of the molecule is CC1=CC(=O)C(N)C(=O)N1C. The molecule has 0 radical (unpaired) electrons. The molecule has 1 aliphatic heterocycles. The summed E-state index contributed by atoms with van der Waals surface area (Å²) >= 11 is 0. The Bertz CT molecular complexity index is 245. The lowest BCUT2D eigenvalue weighted by molar-refractivity contribution is -0.134. The van der Waals surface area contributed by atoms with Gasteiger partial charge in [0.05, 0.1) is 0 Å². The van der Waals surface area contributed by atoms with Crippen LogP contribution in [0.5, 0.6) is 0 Å². The van der Waals surface area contributed by atoms with E-state index < -0.39 is 6.04 Å². The van der Waals surface area contributed by atoms with Crippen LogP contribution in [0.2, 0.25) is 0 Å². The van der Waals surface area contributed by atoms with E-state index in [0.29, 0.717) is 5.70 Å². The Kier molecular flexibility index (Phi) is 1.78. The molecule has 11 heavy (non-hydrogen) atoms. The molecule has 0 saturated heterocycles. The van der Waals surface area contributed by atoms with Crippen LogP contribution in [-0.2, 0) is 9.59 Å². The van der Waals surface area contributed by atoms with Gasteiger partial charge in [0.25, 0.3) is 5.91 Å². The molecule has 0 spiro atoms. The third-order valence-corrected chi connectivity index (χ3v) is 1.78. The number of likely N-dealkylation sites (N-methyl/N-ethyl adjacent to an activating group) is 1. The molecule has 1 atom stereocenters. The summed E-state index contributed by atoms with van der Waals surface area (Å²) in [6.45, 7) is 1.70. The van der Waals surface area contributed by atoms with Crippen molar-refractivity contribution in [2.75, 3.05) is 7.05 Å². The Balaban J connectivity index is 3.01. The summed E-state index contributed by atoms with van der Waals surface area (Å²) in [4.78, 5) is 23.4. The number of allylic oxidation sites excluding steroid dienone is 1. The van der Waals surface area contributed by atoms with Gasteiger partial charge in [-0.3, -0.25) is 9.59 Å². The molecule has 0 aromatic rings. The maximum Gasteiger partial charge on any atom is 0.251 e. The standard InChI is InChI=1S/C7H10N2O2/c1-4-3-5(10)6(8)7(11)9(4)2/h3,6H,8H2,1-2H3. The first kappa shape index (κ1) is 7.94. The monoisotopic (exact) mass is 154 g/mol. The molecule has 4 heteroatoms. The second kappa shape index (κ2) is 2.47. The highest BCUT2D eigenvalue weighted by molar-refractivity contribution is 6.13. The molecule has 0 aliphatic carbocycles. The minimum Gasteiger partial charge on any atom is -0.318 e. The average molecular weight is 154 g/mol. The molecule has 1 unspecified atom stereocenters. The quantitative estimate of drug-likeness (QED) is 0.467. The van der Waals surface area contributed by atoms with Crippen LogP contribution in [0.1, 0.15) is 6.92 Å². The molecule has 1 heterocycles. The van der Waals surface area contributed by atoms with Crippen molar-refractivity contribution in [1.82, 2.24) is 4.90 Å². The van der Waals surface area contributed by atoms with E-state index in [-0.39, 0.29) is 11.7 Å². The van der Waals surface area contributed by atoms with E-state index in [2.05, 4.69) is 0 Å². The Labute approximate surface area is 64.7 Å². The van der Waals surface area contributed by atoms with Crippen LogP contribution < -0.4 is 5.73 Å². The molecule has 1 rings (SSSR count). The van der Waals surface area contributed by atoms with E-state index in [1.54, 1.807) is 14.0 Å². The van der Waals surface area contributed by atoms with Gasteiger partial charge in [-0.15, -0.1) is 0 Å². The number of carbonyl (C=O) groups is 2. The van der Waals surface area contributed by atoms with E-state index in [1.807, 2.05) is 0 Å². The van der Waals surface area contributed by atoms with E-state index >= 15 is 0 Å². The van der Waals surface area contributed by atoms with Crippen LogP contribution in [0.15, 0.2) is 11.8 Å². The van der Waals surface area contributed by atoms with Crippen molar-refractivity contribution in [1.29, 1.82) is 0 Å². The zero-order chi connectivity index (χ0) is 8.59. The van der Waals surface area contributed by atoms with E-state index in [0.717, 1.165) is 0 Å². The number of carbonyl (C=O) groups excluding carboxylic acids is 2. The highest BCUT2D eigenvalue weighted by atomic mass is 16.2. The maximum absolute atomic E-state index is 11.1. The van der Waals surface area contributed by atoms with Crippen LogP contribution >= 0.6 is 0 Å². The predicted molar refractivity (Wildman–Crippen MR) is 39.5 cm³/mol. The fourth-order valence-corrected chi connectivity index (χ4v) is 0.897. The van der Waals surface area contributed by atoms with Gasteiger partial charge >= 0.3 is 0 Å². The van der Waals surface area contributed by atoms with E-state index in [9.17, 15) is 9.59 Å². The van der Waals surface area contributed by atoms with Gasteiger partial charge in [-0.25, -0.2) is 0 Å². The highest BCUT2D eigenvalue weighted by Gasteiger charge is 2.28. The van der Waals surface area contributed by atoms with Crippen LogP contribution in [0, 0.1) is 0 Å². The molecular formula is C7H10N2O2. The fourth-order valence-electron chi connectivity index (χ4n) is 0.897. The summed E-state index contributed by atoms with van der Waals surface area (Å²) in [5.74, 6) is -0.652. The van der Waals surface area contributed by atoms with Gasteiger partial charge in [-0.05, 0) is 6.92 Å². The first-order valence-corrected chi connectivity index (χ1v) is 3.29. The number of nitrogens with zero attached hydrogens (tertiary/aromatic N) is 1. The van der Waals surface area contributed by atoms with Gasteiger partial charge < -0.3 is 10.6 Å². The second-order valence-electron chi connectivity index (χ2n) is 2.56. The van der Waals surface area contributed by atoms with Crippen LogP contribution in [-0.4, -0.2) is 29.7 Å². The van der Waals surface area contributed by atoms with Crippen molar-refractivity contribution >= 4 is 11.7 Å². The van der Waals surface area contributed by atoms with Gasteiger partial charge in [-0.2, -0.15) is 0 Å². The molecule has 0 saturated carbocycles. The number of hydrogen-bond acceptors (Lipinski definition) is 3. The zero-order valence-corrected chi connectivity index (χ0v) is 6.50. The molecule has 60 valence electrons. The number of amides is 1. The average Bonchev–Trinajstić information content (AvgIpc) is 1.97. The third-order valence-electron chi connectivity index (χ3n) is 1.78. The van der Waals surface area contributed by atoms with Crippen molar-refractivity contribution in [2.24, 2.45) is 5.73 Å². The molecule has 2 N–H and O–H groups in total. The predicted octanol–water partition coefficient (Wildman–Crippen LogP) is -0.741. The summed E-state index contributed by atoms with van der Waals surface area (Å²) in [5, 5.41) is 0. The zero-order valence-electron chi connectivity index (χ0n) is 6.50. The lowest BCUT2D eigenvalue weighted by Crippen LogP contribution is -2.48.